The van der Waals surface area contributed by atoms with E-state index in [4.69, 9.17) is 32.5 Å². The second-order valence-electron chi connectivity index (χ2n) is 11.4. The Labute approximate surface area is 272 Å². The van der Waals surface area contributed by atoms with Crippen molar-refractivity contribution in [2.24, 2.45) is 27.4 Å². The monoisotopic (exact) mass is 650 g/mol. The molecular weight excluding hydrogens is 612 g/mol. The number of halogens is 1. The molecule has 2 amide bonds. The molecule has 2 aliphatic heterocycles. The van der Waals surface area contributed by atoms with Crippen LogP contribution in [0.3, 0.4) is 0 Å². The van der Waals surface area contributed by atoms with E-state index in [9.17, 15) is 9.59 Å². The Bertz CT molecular complexity index is 1500. The minimum Gasteiger partial charge on any atom is -0.463 e. The topological polar surface area (TPSA) is 153 Å². The Hall–Kier alpha value is -4.09. The van der Waals surface area contributed by atoms with Crippen LogP contribution in [0.2, 0.25) is 4.34 Å². The standard InChI is InChI=1S/C17H23N3O2.C16H16ClN3O2S/c18-17-20-15(11-22-17)9-5-13-3-7-14(8-4-13)19-16(21)10-6-12-1-2-12;17-14-8-7-13(23-14)15(21)19-11-4-1-10(2-5-11)3-6-12-9-22-16(18)20-12/h3-4,7-8,12,15H,1-2,5-6,9-11H2,(H2,18,20)(H,19,21);1-2,4-5,7-8,12H,3,6,9H2,(H2,18,20)(H,19,21)/t15-;12-/m00/s1. The minimum atomic E-state index is -0.150. The summed E-state index contributed by atoms with van der Waals surface area (Å²) in [5.74, 6) is 0.763. The largest absolute Gasteiger partial charge is 0.463 e. The number of carbonyl (C=O) groups is 2. The zero-order chi connectivity index (χ0) is 31.6. The van der Waals surface area contributed by atoms with Gasteiger partial charge in [-0.3, -0.25) is 9.59 Å². The van der Waals surface area contributed by atoms with Crippen LogP contribution in [0.5, 0.6) is 0 Å². The number of anilines is 2. The molecule has 0 spiro atoms. The fraction of sp³-hybridized carbons (Fsp3) is 0.394. The molecule has 1 aromatic heterocycles. The van der Waals surface area contributed by atoms with E-state index in [-0.39, 0.29) is 29.9 Å². The zero-order valence-electron chi connectivity index (χ0n) is 25.0. The Kier molecular flexibility index (Phi) is 11.3. The number of nitrogens with one attached hydrogen (secondary N) is 2. The Morgan fingerprint density at radius 1 is 0.778 bits per heavy atom. The fourth-order valence-corrected chi connectivity index (χ4v) is 5.88. The van der Waals surface area contributed by atoms with Crippen LogP contribution in [-0.4, -0.2) is 49.2 Å². The molecule has 3 aromatic rings. The number of rotatable bonds is 12. The third-order valence-corrected chi connectivity index (χ3v) is 8.95. The smallest absolute Gasteiger partial charge is 0.282 e. The number of nitrogens with two attached hydrogens (primary N) is 2. The number of nitrogens with zero attached hydrogens (tertiary/aromatic N) is 2. The lowest BCUT2D eigenvalue weighted by Crippen LogP contribution is -2.11. The number of ether oxygens (including phenoxy) is 2. The van der Waals surface area contributed by atoms with E-state index in [0.29, 0.717) is 34.9 Å². The van der Waals surface area contributed by atoms with Gasteiger partial charge in [-0.25, -0.2) is 9.98 Å². The van der Waals surface area contributed by atoms with Gasteiger partial charge >= 0.3 is 0 Å². The second kappa shape index (κ2) is 15.8. The van der Waals surface area contributed by atoms with Gasteiger partial charge < -0.3 is 31.6 Å². The van der Waals surface area contributed by atoms with E-state index in [1.54, 1.807) is 12.1 Å². The summed E-state index contributed by atoms with van der Waals surface area (Å²) >= 11 is 7.10. The van der Waals surface area contributed by atoms with Gasteiger partial charge in [-0.15, -0.1) is 11.3 Å². The third-order valence-electron chi connectivity index (χ3n) is 7.72. The van der Waals surface area contributed by atoms with Crippen LogP contribution in [0.4, 0.5) is 11.4 Å². The summed E-state index contributed by atoms with van der Waals surface area (Å²) in [4.78, 5) is 32.9. The van der Waals surface area contributed by atoms with Crippen LogP contribution in [0.25, 0.3) is 0 Å². The quantitative estimate of drug-likeness (QED) is 0.195. The van der Waals surface area contributed by atoms with Gasteiger partial charge in [0.1, 0.15) is 13.2 Å². The van der Waals surface area contributed by atoms with Crippen molar-refractivity contribution >= 4 is 58.2 Å². The lowest BCUT2D eigenvalue weighted by Gasteiger charge is -2.08. The molecule has 2 atom stereocenters. The lowest BCUT2D eigenvalue weighted by atomic mass is 10.1. The van der Waals surface area contributed by atoms with Crippen LogP contribution in [0, 0.1) is 5.92 Å². The van der Waals surface area contributed by atoms with Gasteiger partial charge in [0.2, 0.25) is 5.91 Å². The van der Waals surface area contributed by atoms with E-state index >= 15 is 0 Å². The van der Waals surface area contributed by atoms with Gasteiger partial charge in [0.05, 0.1) is 21.3 Å². The molecule has 45 heavy (non-hydrogen) atoms. The van der Waals surface area contributed by atoms with Gasteiger partial charge in [-0.2, -0.15) is 0 Å². The summed E-state index contributed by atoms with van der Waals surface area (Å²) in [5, 5.41) is 5.81. The van der Waals surface area contributed by atoms with E-state index in [1.165, 1.54) is 35.3 Å². The summed E-state index contributed by atoms with van der Waals surface area (Å²) in [5.41, 5.74) is 15.0. The van der Waals surface area contributed by atoms with Crippen molar-refractivity contribution in [2.75, 3.05) is 23.8 Å². The summed E-state index contributed by atoms with van der Waals surface area (Å²) in [6, 6.07) is 20.1. The van der Waals surface area contributed by atoms with Gasteiger partial charge in [0.15, 0.2) is 0 Å². The number of hydrogen-bond acceptors (Lipinski definition) is 9. The maximum Gasteiger partial charge on any atom is 0.282 e. The number of benzene rings is 2. The molecule has 238 valence electrons. The first-order chi connectivity index (χ1) is 21.8. The molecule has 3 aliphatic rings. The molecule has 12 heteroatoms. The first kappa shape index (κ1) is 32.3. The molecule has 0 saturated heterocycles. The molecule has 0 radical (unpaired) electrons. The summed E-state index contributed by atoms with van der Waals surface area (Å²) < 4.78 is 10.9. The lowest BCUT2D eigenvalue weighted by molar-refractivity contribution is -0.116. The maximum atomic E-state index is 12.0. The number of carbonyl (C=O) groups excluding carboxylic acids is 2. The predicted molar refractivity (Wildman–Crippen MR) is 180 cm³/mol. The van der Waals surface area contributed by atoms with Crippen molar-refractivity contribution in [2.45, 2.75) is 63.5 Å². The predicted octanol–water partition coefficient (Wildman–Crippen LogP) is 5.76. The fourth-order valence-electron chi connectivity index (χ4n) is 4.94. The molecule has 1 saturated carbocycles. The number of thiophene rings is 1. The zero-order valence-corrected chi connectivity index (χ0v) is 26.6. The summed E-state index contributed by atoms with van der Waals surface area (Å²) in [7, 11) is 0. The molecular formula is C33H39ClN6O4S. The number of aryl methyl sites for hydroxylation is 2. The molecule has 0 unspecified atom stereocenters. The number of amides is 2. The van der Waals surface area contributed by atoms with E-state index < -0.39 is 0 Å². The molecule has 2 aromatic carbocycles. The molecule has 6 rings (SSSR count). The molecule has 6 N–H and O–H groups in total. The number of amidine groups is 2. The van der Waals surface area contributed by atoms with Crippen LogP contribution in [0.15, 0.2) is 70.6 Å². The number of aliphatic imine (C=N–C) groups is 2. The van der Waals surface area contributed by atoms with Crippen molar-refractivity contribution in [3.05, 3.63) is 81.0 Å². The highest BCUT2D eigenvalue weighted by Crippen LogP contribution is 2.33. The van der Waals surface area contributed by atoms with Gasteiger partial charge in [0, 0.05) is 17.8 Å². The Balaban J connectivity index is 0.000000178. The first-order valence-corrected chi connectivity index (χ1v) is 16.4. The highest BCUT2D eigenvalue weighted by atomic mass is 35.5. The van der Waals surface area contributed by atoms with E-state index in [2.05, 4.69) is 32.8 Å². The summed E-state index contributed by atoms with van der Waals surface area (Å²) in [6.07, 6.45) is 7.88. The van der Waals surface area contributed by atoms with Crippen LogP contribution >= 0.6 is 22.9 Å². The second-order valence-corrected chi connectivity index (χ2v) is 13.1. The summed E-state index contributed by atoms with van der Waals surface area (Å²) in [6.45, 7) is 1.14. The van der Waals surface area contributed by atoms with E-state index in [1.807, 2.05) is 36.4 Å². The Morgan fingerprint density at radius 3 is 1.76 bits per heavy atom. The number of hydrogen-bond donors (Lipinski definition) is 4. The van der Waals surface area contributed by atoms with Gasteiger partial charge in [-0.05, 0) is 85.5 Å². The first-order valence-electron chi connectivity index (χ1n) is 15.3. The van der Waals surface area contributed by atoms with Crippen molar-refractivity contribution < 1.29 is 19.1 Å². The normalized spacial score (nSPS) is 18.5. The SMILES string of the molecule is NC1=N[C@@H](CCc2ccc(NC(=O)CCC3CC3)cc2)CO1.NC1=N[C@@H](CCc2ccc(NC(=O)c3ccc(Cl)s3)cc2)CO1. The van der Waals surface area contributed by atoms with E-state index in [0.717, 1.165) is 49.4 Å². The van der Waals surface area contributed by atoms with Crippen LogP contribution in [0.1, 0.15) is 59.3 Å². The van der Waals surface area contributed by atoms with Crippen LogP contribution in [-0.2, 0) is 27.1 Å². The molecule has 3 heterocycles. The van der Waals surface area contributed by atoms with Crippen molar-refractivity contribution in [1.29, 1.82) is 0 Å². The molecule has 1 fully saturated rings. The Morgan fingerprint density at radius 2 is 1.31 bits per heavy atom. The van der Waals surface area contributed by atoms with Crippen molar-refractivity contribution in [3.63, 3.8) is 0 Å². The van der Waals surface area contributed by atoms with Crippen LogP contribution < -0.4 is 22.1 Å². The van der Waals surface area contributed by atoms with Crippen molar-refractivity contribution in [3.8, 4) is 0 Å². The molecule has 1 aliphatic carbocycles. The third kappa shape index (κ3) is 10.8. The average molecular weight is 651 g/mol. The van der Waals surface area contributed by atoms with Gasteiger partial charge in [-0.1, -0.05) is 48.7 Å². The average Bonchev–Trinajstić information content (AvgIpc) is 3.35. The molecule has 0 bridgehead atoms. The van der Waals surface area contributed by atoms with Crippen molar-refractivity contribution in [1.82, 2.24) is 0 Å². The highest BCUT2D eigenvalue weighted by molar-refractivity contribution is 7.18. The minimum absolute atomic E-state index is 0.118. The maximum absolute atomic E-state index is 12.0. The van der Waals surface area contributed by atoms with Gasteiger partial charge in [0.25, 0.3) is 18.0 Å². The highest BCUT2D eigenvalue weighted by Gasteiger charge is 2.22. The molecule has 10 nitrogen and oxygen atoms in total.